The largest absolute Gasteiger partial charge is 0.480 e. The van der Waals surface area contributed by atoms with Crippen LogP contribution in [-0.2, 0) is 11.2 Å². The summed E-state index contributed by atoms with van der Waals surface area (Å²) < 4.78 is 0. The van der Waals surface area contributed by atoms with Gasteiger partial charge >= 0.3 is 5.97 Å². The molecule has 2 rings (SSSR count). The maximum Gasteiger partial charge on any atom is 0.320 e. The minimum Gasteiger partial charge on any atom is -0.480 e. The molecule has 92 valence electrons. The van der Waals surface area contributed by atoms with Crippen LogP contribution in [0.1, 0.15) is 24.8 Å². The Kier molecular flexibility index (Phi) is 4.02. The van der Waals surface area contributed by atoms with Crippen molar-refractivity contribution >= 4 is 17.6 Å². The van der Waals surface area contributed by atoms with Crippen LogP contribution >= 0.6 is 11.6 Å². The minimum atomic E-state index is -0.749. The van der Waals surface area contributed by atoms with Crippen molar-refractivity contribution < 1.29 is 9.90 Å². The first-order chi connectivity index (χ1) is 8.15. The molecule has 2 atom stereocenters. The van der Waals surface area contributed by atoms with Gasteiger partial charge < -0.3 is 10.4 Å². The summed E-state index contributed by atoms with van der Waals surface area (Å²) in [6.45, 7) is 0. The molecule has 1 heterocycles. The number of aliphatic carboxylic acids is 1. The summed E-state index contributed by atoms with van der Waals surface area (Å²) in [5.41, 5.74) is 1.15. The number of piperidine rings is 1. The van der Waals surface area contributed by atoms with Crippen LogP contribution in [-0.4, -0.2) is 23.2 Å². The van der Waals surface area contributed by atoms with Gasteiger partial charge in [-0.15, -0.1) is 0 Å². The molecule has 0 aliphatic carbocycles. The highest BCUT2D eigenvalue weighted by molar-refractivity contribution is 6.30. The van der Waals surface area contributed by atoms with E-state index in [2.05, 4.69) is 5.32 Å². The molecular formula is C13H16ClNO2. The van der Waals surface area contributed by atoms with E-state index in [-0.39, 0.29) is 6.04 Å². The highest BCUT2D eigenvalue weighted by Crippen LogP contribution is 2.18. The Balaban J connectivity index is 1.97. The maximum absolute atomic E-state index is 10.9. The smallest absolute Gasteiger partial charge is 0.320 e. The number of hydrogen-bond donors (Lipinski definition) is 2. The molecule has 4 heteroatoms. The molecular weight excluding hydrogens is 238 g/mol. The number of carbonyl (C=O) groups is 1. The molecule has 3 nitrogen and oxygen atoms in total. The first kappa shape index (κ1) is 12.4. The molecule has 17 heavy (non-hydrogen) atoms. The van der Waals surface area contributed by atoms with Gasteiger partial charge in [0.15, 0.2) is 0 Å². The van der Waals surface area contributed by atoms with Crippen molar-refractivity contribution in [1.82, 2.24) is 5.32 Å². The number of carboxylic acids is 1. The van der Waals surface area contributed by atoms with E-state index in [9.17, 15) is 4.79 Å². The molecule has 0 aromatic heterocycles. The second-order valence-electron chi connectivity index (χ2n) is 4.52. The predicted molar refractivity (Wildman–Crippen MR) is 67.4 cm³/mol. The number of carboxylic acid groups (broad SMARTS) is 1. The van der Waals surface area contributed by atoms with E-state index in [1.54, 1.807) is 0 Å². The summed E-state index contributed by atoms with van der Waals surface area (Å²) in [4.78, 5) is 10.9. The van der Waals surface area contributed by atoms with Gasteiger partial charge in [-0.2, -0.15) is 0 Å². The van der Waals surface area contributed by atoms with Crippen LogP contribution in [0.25, 0.3) is 0 Å². The minimum absolute atomic E-state index is 0.239. The Morgan fingerprint density at radius 3 is 3.00 bits per heavy atom. The molecule has 1 aliphatic rings. The third-order valence-electron chi connectivity index (χ3n) is 3.15. The van der Waals surface area contributed by atoms with Gasteiger partial charge in [0.2, 0.25) is 0 Å². The van der Waals surface area contributed by atoms with E-state index in [4.69, 9.17) is 16.7 Å². The lowest BCUT2D eigenvalue weighted by atomic mass is 9.94. The molecule has 0 bridgehead atoms. The average Bonchev–Trinajstić information content (AvgIpc) is 2.29. The van der Waals surface area contributed by atoms with Crippen molar-refractivity contribution in [2.75, 3.05) is 0 Å². The van der Waals surface area contributed by atoms with Crippen molar-refractivity contribution in [2.45, 2.75) is 37.8 Å². The second kappa shape index (κ2) is 5.52. The molecule has 2 unspecified atom stereocenters. The molecule has 1 aromatic carbocycles. The van der Waals surface area contributed by atoms with E-state index in [1.807, 2.05) is 24.3 Å². The van der Waals surface area contributed by atoms with Crippen LogP contribution in [0.3, 0.4) is 0 Å². The zero-order chi connectivity index (χ0) is 12.3. The van der Waals surface area contributed by atoms with E-state index in [1.165, 1.54) is 0 Å². The van der Waals surface area contributed by atoms with Crippen molar-refractivity contribution in [3.63, 3.8) is 0 Å². The van der Waals surface area contributed by atoms with Crippen molar-refractivity contribution in [3.05, 3.63) is 34.9 Å². The Morgan fingerprint density at radius 2 is 2.29 bits per heavy atom. The Morgan fingerprint density at radius 1 is 1.47 bits per heavy atom. The lowest BCUT2D eigenvalue weighted by Crippen LogP contribution is -2.47. The number of benzene rings is 1. The Bertz CT molecular complexity index is 408. The SMILES string of the molecule is O=C(O)C1CCCC(Cc2cccc(Cl)c2)N1. The fourth-order valence-corrected chi connectivity index (χ4v) is 2.54. The van der Waals surface area contributed by atoms with Crippen LogP contribution in [0.15, 0.2) is 24.3 Å². The third kappa shape index (κ3) is 3.45. The zero-order valence-corrected chi connectivity index (χ0v) is 10.3. The van der Waals surface area contributed by atoms with E-state index in [0.29, 0.717) is 0 Å². The third-order valence-corrected chi connectivity index (χ3v) is 3.39. The lowest BCUT2D eigenvalue weighted by molar-refractivity contribution is -0.140. The summed E-state index contributed by atoms with van der Waals surface area (Å²) in [6.07, 6.45) is 3.55. The van der Waals surface area contributed by atoms with Crippen molar-refractivity contribution in [3.8, 4) is 0 Å². The molecule has 1 fully saturated rings. The van der Waals surface area contributed by atoms with Crippen LogP contribution in [0.5, 0.6) is 0 Å². The van der Waals surface area contributed by atoms with Crippen LogP contribution < -0.4 is 5.32 Å². The molecule has 0 amide bonds. The average molecular weight is 254 g/mol. The number of rotatable bonds is 3. The highest BCUT2D eigenvalue weighted by atomic mass is 35.5. The predicted octanol–water partition coefficient (Wildman–Crippen LogP) is 2.48. The van der Waals surface area contributed by atoms with E-state index in [0.717, 1.165) is 36.3 Å². The summed E-state index contributed by atoms with van der Waals surface area (Å²) in [7, 11) is 0. The molecule has 1 aliphatic heterocycles. The topological polar surface area (TPSA) is 49.3 Å². The molecule has 2 N–H and O–H groups in total. The summed E-state index contributed by atoms with van der Waals surface area (Å²) >= 11 is 5.93. The van der Waals surface area contributed by atoms with E-state index < -0.39 is 12.0 Å². The van der Waals surface area contributed by atoms with Gasteiger partial charge in [0.1, 0.15) is 6.04 Å². The molecule has 1 saturated heterocycles. The van der Waals surface area contributed by atoms with Crippen LogP contribution in [0, 0.1) is 0 Å². The van der Waals surface area contributed by atoms with Gasteiger partial charge in [0, 0.05) is 11.1 Å². The van der Waals surface area contributed by atoms with Gasteiger partial charge in [-0.1, -0.05) is 23.7 Å². The fraction of sp³-hybridized carbons (Fsp3) is 0.462. The van der Waals surface area contributed by atoms with Crippen LogP contribution in [0.4, 0.5) is 0 Å². The van der Waals surface area contributed by atoms with Crippen molar-refractivity contribution in [1.29, 1.82) is 0 Å². The van der Waals surface area contributed by atoms with E-state index >= 15 is 0 Å². The summed E-state index contributed by atoms with van der Waals surface area (Å²) in [5, 5.41) is 12.9. The molecule has 1 aromatic rings. The van der Waals surface area contributed by atoms with Gasteiger partial charge in [-0.3, -0.25) is 4.79 Å². The molecule has 0 spiro atoms. The van der Waals surface area contributed by atoms with Gasteiger partial charge in [-0.05, 0) is 43.4 Å². The first-order valence-corrected chi connectivity index (χ1v) is 6.26. The first-order valence-electron chi connectivity index (χ1n) is 5.88. The monoisotopic (exact) mass is 253 g/mol. The molecule has 0 saturated carbocycles. The summed E-state index contributed by atoms with van der Waals surface area (Å²) in [6, 6.07) is 7.58. The van der Waals surface area contributed by atoms with Crippen LogP contribution in [0.2, 0.25) is 5.02 Å². The van der Waals surface area contributed by atoms with Gasteiger partial charge in [0.05, 0.1) is 0 Å². The second-order valence-corrected chi connectivity index (χ2v) is 4.96. The van der Waals surface area contributed by atoms with Crippen molar-refractivity contribution in [2.24, 2.45) is 0 Å². The standard InChI is InChI=1S/C13H16ClNO2/c14-10-4-1-3-9(7-10)8-11-5-2-6-12(15-11)13(16)17/h1,3-4,7,11-12,15H,2,5-6,8H2,(H,16,17). The number of hydrogen-bond acceptors (Lipinski definition) is 2. The lowest BCUT2D eigenvalue weighted by Gasteiger charge is -2.28. The van der Waals surface area contributed by atoms with Gasteiger partial charge in [0.25, 0.3) is 0 Å². The quantitative estimate of drug-likeness (QED) is 0.870. The Hall–Kier alpha value is -1.06. The molecule has 0 radical (unpaired) electrons. The van der Waals surface area contributed by atoms with Gasteiger partial charge in [-0.25, -0.2) is 0 Å². The Labute approximate surface area is 106 Å². The number of nitrogens with one attached hydrogen (secondary N) is 1. The zero-order valence-electron chi connectivity index (χ0n) is 9.53. The maximum atomic E-state index is 10.9. The number of halogens is 1. The normalized spacial score (nSPS) is 24.5. The fourth-order valence-electron chi connectivity index (χ4n) is 2.32. The highest BCUT2D eigenvalue weighted by Gasteiger charge is 2.25. The summed E-state index contributed by atoms with van der Waals surface area (Å²) in [5.74, 6) is -0.749.